The number of nitro benzene ring substituents is 1. The first-order chi connectivity index (χ1) is 9.47. The van der Waals surface area contributed by atoms with E-state index in [0.29, 0.717) is 12.2 Å². The van der Waals surface area contributed by atoms with Crippen molar-refractivity contribution in [3.8, 4) is 5.75 Å². The van der Waals surface area contributed by atoms with Crippen molar-refractivity contribution in [2.75, 3.05) is 26.1 Å². The van der Waals surface area contributed by atoms with Crippen LogP contribution in [-0.2, 0) is 9.47 Å². The van der Waals surface area contributed by atoms with Gasteiger partial charge in [-0.3, -0.25) is 10.1 Å². The Morgan fingerprint density at radius 2 is 1.95 bits per heavy atom. The van der Waals surface area contributed by atoms with Crippen LogP contribution in [0.3, 0.4) is 0 Å². The Balaban J connectivity index is 2.86. The van der Waals surface area contributed by atoms with Gasteiger partial charge in [-0.15, -0.1) is 0 Å². The summed E-state index contributed by atoms with van der Waals surface area (Å²) in [5.74, 6) is 0.237. The summed E-state index contributed by atoms with van der Waals surface area (Å²) >= 11 is 0. The summed E-state index contributed by atoms with van der Waals surface area (Å²) in [5, 5.41) is 14.0. The van der Waals surface area contributed by atoms with Crippen LogP contribution >= 0.6 is 0 Å². The molecule has 0 fully saturated rings. The number of nitrogens with one attached hydrogen (secondary N) is 1. The summed E-state index contributed by atoms with van der Waals surface area (Å²) in [4.78, 5) is 10.5. The van der Waals surface area contributed by atoms with Crippen LogP contribution in [-0.4, -0.2) is 38.1 Å². The first-order valence-electron chi connectivity index (χ1n) is 6.22. The van der Waals surface area contributed by atoms with Gasteiger partial charge >= 0.3 is 5.69 Å². The molecular weight excluding hydrogens is 264 g/mol. The highest BCUT2D eigenvalue weighted by molar-refractivity contribution is 5.58. The molecule has 7 nitrogen and oxygen atoms in total. The molecule has 0 aliphatic carbocycles. The maximum Gasteiger partial charge on any atom is 0.311 e. The zero-order valence-corrected chi connectivity index (χ0v) is 12.1. The topological polar surface area (TPSA) is 82.9 Å². The van der Waals surface area contributed by atoms with Gasteiger partial charge in [0.05, 0.1) is 17.6 Å². The summed E-state index contributed by atoms with van der Waals surface area (Å²) < 4.78 is 15.6. The minimum absolute atomic E-state index is 0.0562. The largest absolute Gasteiger partial charge is 0.484 e. The minimum atomic E-state index is -0.464. The second kappa shape index (κ2) is 7.66. The maximum atomic E-state index is 10.9. The number of rotatable bonds is 8. The maximum absolute atomic E-state index is 10.9. The molecule has 0 aliphatic rings. The summed E-state index contributed by atoms with van der Waals surface area (Å²) in [6, 6.07) is 4.63. The van der Waals surface area contributed by atoms with Crippen LogP contribution in [0.15, 0.2) is 18.2 Å². The van der Waals surface area contributed by atoms with Crippen LogP contribution in [0.2, 0.25) is 0 Å². The first kappa shape index (κ1) is 16.2. The van der Waals surface area contributed by atoms with Gasteiger partial charge in [-0.2, -0.15) is 0 Å². The van der Waals surface area contributed by atoms with Gasteiger partial charge in [0.2, 0.25) is 0 Å². The minimum Gasteiger partial charge on any atom is -0.484 e. The number of hydrogen-bond donors (Lipinski definition) is 1. The van der Waals surface area contributed by atoms with E-state index >= 15 is 0 Å². The molecule has 0 unspecified atom stereocenters. The van der Waals surface area contributed by atoms with E-state index in [9.17, 15) is 10.1 Å². The predicted molar refractivity (Wildman–Crippen MR) is 75.2 cm³/mol. The SMILES string of the molecule is COC(CNc1ccc([N+](=O)[O-])c(OC(C)C)c1)OC. The number of ether oxygens (including phenoxy) is 3. The van der Waals surface area contributed by atoms with Crippen LogP contribution in [0.4, 0.5) is 11.4 Å². The molecule has 1 aromatic rings. The van der Waals surface area contributed by atoms with Crippen LogP contribution in [0.5, 0.6) is 5.75 Å². The molecule has 0 heterocycles. The van der Waals surface area contributed by atoms with E-state index in [1.165, 1.54) is 6.07 Å². The summed E-state index contributed by atoms with van der Waals surface area (Å²) in [6.07, 6.45) is -0.533. The zero-order chi connectivity index (χ0) is 15.1. The van der Waals surface area contributed by atoms with Gasteiger partial charge in [-0.1, -0.05) is 0 Å². The molecule has 0 saturated carbocycles. The molecule has 20 heavy (non-hydrogen) atoms. The molecule has 0 radical (unpaired) electrons. The quantitative estimate of drug-likeness (QED) is 0.448. The van der Waals surface area contributed by atoms with Crippen molar-refractivity contribution >= 4 is 11.4 Å². The fourth-order valence-electron chi connectivity index (χ4n) is 1.59. The van der Waals surface area contributed by atoms with Gasteiger partial charge < -0.3 is 19.5 Å². The molecule has 0 spiro atoms. The van der Waals surface area contributed by atoms with Crippen LogP contribution < -0.4 is 10.1 Å². The fraction of sp³-hybridized carbons (Fsp3) is 0.538. The Labute approximate surface area is 118 Å². The van der Waals surface area contributed by atoms with Gasteiger partial charge in [-0.05, 0) is 19.9 Å². The van der Waals surface area contributed by atoms with Gasteiger partial charge in [-0.25, -0.2) is 0 Å². The molecule has 0 aromatic heterocycles. The highest BCUT2D eigenvalue weighted by atomic mass is 16.7. The normalized spacial score (nSPS) is 10.9. The van der Waals surface area contributed by atoms with Crippen molar-refractivity contribution in [3.05, 3.63) is 28.3 Å². The van der Waals surface area contributed by atoms with Gasteiger partial charge in [0.1, 0.15) is 0 Å². The lowest BCUT2D eigenvalue weighted by atomic mass is 10.2. The van der Waals surface area contributed by atoms with E-state index in [-0.39, 0.29) is 23.8 Å². The van der Waals surface area contributed by atoms with Gasteiger partial charge in [0.15, 0.2) is 12.0 Å². The van der Waals surface area contributed by atoms with Crippen molar-refractivity contribution in [3.63, 3.8) is 0 Å². The first-order valence-corrected chi connectivity index (χ1v) is 6.22. The van der Waals surface area contributed by atoms with Crippen molar-refractivity contribution in [1.82, 2.24) is 0 Å². The lowest BCUT2D eigenvalue weighted by molar-refractivity contribution is -0.386. The van der Waals surface area contributed by atoms with E-state index in [1.54, 1.807) is 26.4 Å². The Kier molecular flexibility index (Phi) is 6.20. The van der Waals surface area contributed by atoms with Crippen LogP contribution in [0, 0.1) is 10.1 Å². The van der Waals surface area contributed by atoms with Gasteiger partial charge in [0.25, 0.3) is 0 Å². The third kappa shape index (κ3) is 4.67. The molecule has 1 rings (SSSR count). The van der Waals surface area contributed by atoms with E-state index in [1.807, 2.05) is 13.8 Å². The van der Waals surface area contributed by atoms with Crippen molar-refractivity contribution < 1.29 is 19.1 Å². The molecular formula is C13H20N2O5. The average molecular weight is 284 g/mol. The third-order valence-electron chi connectivity index (χ3n) is 2.52. The highest BCUT2D eigenvalue weighted by Crippen LogP contribution is 2.30. The average Bonchev–Trinajstić information content (AvgIpc) is 2.39. The second-order valence-electron chi connectivity index (χ2n) is 4.39. The summed E-state index contributed by atoms with van der Waals surface area (Å²) in [6.45, 7) is 4.05. The number of anilines is 1. The standard InChI is InChI=1S/C13H20N2O5/c1-9(2)20-12-7-10(5-6-11(12)15(16)17)14-8-13(18-3)19-4/h5-7,9,13-14H,8H2,1-4H3. The molecule has 0 saturated heterocycles. The molecule has 1 aromatic carbocycles. The van der Waals surface area contributed by atoms with Gasteiger partial charge in [0, 0.05) is 32.0 Å². The van der Waals surface area contributed by atoms with Crippen molar-refractivity contribution in [2.45, 2.75) is 26.2 Å². The summed E-state index contributed by atoms with van der Waals surface area (Å²) in [7, 11) is 3.08. The Morgan fingerprint density at radius 3 is 2.45 bits per heavy atom. The molecule has 0 atom stereocenters. The third-order valence-corrected chi connectivity index (χ3v) is 2.52. The smallest absolute Gasteiger partial charge is 0.311 e. The molecule has 0 aliphatic heterocycles. The Hall–Kier alpha value is -1.86. The number of methoxy groups -OCH3 is 2. The number of benzene rings is 1. The molecule has 0 bridgehead atoms. The Morgan fingerprint density at radius 1 is 1.30 bits per heavy atom. The van der Waals surface area contributed by atoms with Crippen molar-refractivity contribution in [2.24, 2.45) is 0 Å². The number of hydrogen-bond acceptors (Lipinski definition) is 6. The Bertz CT molecular complexity index is 446. The lowest BCUT2D eigenvalue weighted by Gasteiger charge is -2.16. The predicted octanol–water partition coefficient (Wildman–Crippen LogP) is 2.41. The van der Waals surface area contributed by atoms with Crippen LogP contribution in [0.25, 0.3) is 0 Å². The fourth-order valence-corrected chi connectivity index (χ4v) is 1.59. The zero-order valence-electron chi connectivity index (χ0n) is 12.1. The molecule has 112 valence electrons. The van der Waals surface area contributed by atoms with E-state index in [0.717, 1.165) is 0 Å². The number of nitrogens with zero attached hydrogens (tertiary/aromatic N) is 1. The van der Waals surface area contributed by atoms with Crippen molar-refractivity contribution in [1.29, 1.82) is 0 Å². The summed E-state index contributed by atoms with van der Waals surface area (Å²) in [5.41, 5.74) is 0.643. The lowest BCUT2D eigenvalue weighted by Crippen LogP contribution is -2.23. The van der Waals surface area contributed by atoms with E-state index < -0.39 is 4.92 Å². The number of nitro groups is 1. The van der Waals surface area contributed by atoms with E-state index in [4.69, 9.17) is 14.2 Å². The second-order valence-corrected chi connectivity index (χ2v) is 4.39. The van der Waals surface area contributed by atoms with Crippen LogP contribution in [0.1, 0.15) is 13.8 Å². The molecule has 7 heteroatoms. The highest BCUT2D eigenvalue weighted by Gasteiger charge is 2.17. The monoisotopic (exact) mass is 284 g/mol. The van der Waals surface area contributed by atoms with E-state index in [2.05, 4.69) is 5.32 Å². The molecule has 0 amide bonds. The molecule has 1 N–H and O–H groups in total.